The molecule has 23 heavy (non-hydrogen) atoms. The maximum atomic E-state index is 12.3. The lowest BCUT2D eigenvalue weighted by Crippen LogP contribution is -2.14. The van der Waals surface area contributed by atoms with Crippen molar-refractivity contribution in [3.8, 4) is 0 Å². The van der Waals surface area contributed by atoms with Crippen molar-refractivity contribution in [1.29, 1.82) is 0 Å². The normalized spacial score (nSPS) is 12.2. The second-order valence-electron chi connectivity index (χ2n) is 5.18. The van der Waals surface area contributed by atoms with Gasteiger partial charge in [-0.15, -0.1) is 11.3 Å². The van der Waals surface area contributed by atoms with Crippen molar-refractivity contribution in [3.63, 3.8) is 0 Å². The van der Waals surface area contributed by atoms with Crippen molar-refractivity contribution in [3.05, 3.63) is 44.3 Å². The van der Waals surface area contributed by atoms with Gasteiger partial charge in [0.05, 0.1) is 20.2 Å². The Morgan fingerprint density at radius 1 is 1.17 bits per heavy atom. The van der Waals surface area contributed by atoms with E-state index in [1.165, 1.54) is 6.07 Å². The van der Waals surface area contributed by atoms with E-state index in [4.69, 9.17) is 11.6 Å². The first-order chi connectivity index (χ1) is 10.8. The van der Waals surface area contributed by atoms with Crippen LogP contribution >= 0.6 is 34.3 Å². The summed E-state index contributed by atoms with van der Waals surface area (Å²) in [5, 5.41) is 0. The molecule has 0 atom stereocenters. The predicted molar refractivity (Wildman–Crippen MR) is 96.6 cm³/mol. The Morgan fingerprint density at radius 2 is 1.91 bits per heavy atom. The second kappa shape index (κ2) is 5.94. The van der Waals surface area contributed by atoms with Crippen LogP contribution in [0.5, 0.6) is 0 Å². The topological polar surface area (TPSA) is 68.2 Å². The van der Waals surface area contributed by atoms with E-state index in [0.717, 1.165) is 32.9 Å². The lowest BCUT2D eigenvalue weighted by Gasteiger charge is -2.09. The molecule has 0 bridgehead atoms. The third-order valence-corrected chi connectivity index (χ3v) is 7.22. The van der Waals surface area contributed by atoms with Gasteiger partial charge in [-0.25, -0.2) is 8.42 Å². The number of nitrogens with one attached hydrogen (secondary N) is 1. The van der Waals surface area contributed by atoms with Gasteiger partial charge in [-0.3, -0.25) is 14.1 Å². The Balaban J connectivity index is 2.00. The van der Waals surface area contributed by atoms with Gasteiger partial charge in [0.25, 0.3) is 10.0 Å². The molecular formula is C14H13ClN2O3S3. The first-order valence-corrected chi connectivity index (χ1v) is 10.2. The van der Waals surface area contributed by atoms with Gasteiger partial charge in [0, 0.05) is 6.04 Å². The van der Waals surface area contributed by atoms with Gasteiger partial charge in [0.1, 0.15) is 4.21 Å². The van der Waals surface area contributed by atoms with Crippen molar-refractivity contribution < 1.29 is 8.42 Å². The molecule has 0 saturated heterocycles. The summed E-state index contributed by atoms with van der Waals surface area (Å²) in [6.07, 6.45) is 0. The van der Waals surface area contributed by atoms with Gasteiger partial charge in [0.2, 0.25) is 0 Å². The van der Waals surface area contributed by atoms with Gasteiger partial charge in [0.15, 0.2) is 0 Å². The average Bonchev–Trinajstić information content (AvgIpc) is 3.00. The van der Waals surface area contributed by atoms with Gasteiger partial charge in [-0.2, -0.15) is 0 Å². The van der Waals surface area contributed by atoms with E-state index < -0.39 is 10.0 Å². The number of hydrogen-bond donors (Lipinski definition) is 1. The molecule has 0 fully saturated rings. The molecule has 0 aliphatic carbocycles. The summed E-state index contributed by atoms with van der Waals surface area (Å²) in [4.78, 5) is 12.0. The molecule has 0 unspecified atom stereocenters. The summed E-state index contributed by atoms with van der Waals surface area (Å²) in [6, 6.07) is 8.13. The third kappa shape index (κ3) is 3.16. The van der Waals surface area contributed by atoms with E-state index in [9.17, 15) is 13.2 Å². The maximum absolute atomic E-state index is 12.3. The highest BCUT2D eigenvalue weighted by molar-refractivity contribution is 7.94. The van der Waals surface area contributed by atoms with Gasteiger partial charge >= 0.3 is 4.87 Å². The molecule has 0 saturated carbocycles. The smallest absolute Gasteiger partial charge is 0.296 e. The SMILES string of the molecule is CC(C)n1c(=O)sc2cc(NS(=O)(=O)c3ccc(Cl)s3)ccc21. The Bertz CT molecular complexity index is 1030. The molecule has 0 amide bonds. The first kappa shape index (κ1) is 16.5. The van der Waals surface area contributed by atoms with Crippen LogP contribution in [-0.4, -0.2) is 13.0 Å². The zero-order chi connectivity index (χ0) is 16.8. The average molecular weight is 389 g/mol. The number of sulfonamides is 1. The van der Waals surface area contributed by atoms with E-state index in [1.54, 1.807) is 28.8 Å². The fourth-order valence-electron chi connectivity index (χ4n) is 2.24. The summed E-state index contributed by atoms with van der Waals surface area (Å²) in [6.45, 7) is 3.87. The zero-order valence-electron chi connectivity index (χ0n) is 12.2. The molecule has 0 aliphatic rings. The van der Waals surface area contributed by atoms with E-state index in [0.29, 0.717) is 10.0 Å². The standard InChI is InChI=1S/C14H13ClN2O3S3/c1-8(2)17-10-4-3-9(7-11(10)21-14(17)18)16-23(19,20)13-6-5-12(15)22-13/h3-8,16H,1-2H3. The Labute approximate surface area is 146 Å². The number of nitrogens with zero attached hydrogens (tertiary/aromatic N) is 1. The van der Waals surface area contributed by atoms with Crippen LogP contribution in [-0.2, 0) is 10.0 Å². The van der Waals surface area contributed by atoms with Crippen LogP contribution in [0.15, 0.2) is 39.3 Å². The number of aromatic nitrogens is 1. The van der Waals surface area contributed by atoms with E-state index in [1.807, 2.05) is 13.8 Å². The van der Waals surface area contributed by atoms with Crippen LogP contribution < -0.4 is 9.60 Å². The molecule has 2 heterocycles. The molecule has 3 aromatic rings. The first-order valence-electron chi connectivity index (χ1n) is 6.71. The number of thiazole rings is 1. The molecule has 122 valence electrons. The number of anilines is 1. The largest absolute Gasteiger partial charge is 0.308 e. The maximum Gasteiger partial charge on any atom is 0.308 e. The Kier molecular flexibility index (Phi) is 4.26. The zero-order valence-corrected chi connectivity index (χ0v) is 15.4. The minimum Gasteiger partial charge on any atom is -0.296 e. The summed E-state index contributed by atoms with van der Waals surface area (Å²) < 4.78 is 30.1. The monoisotopic (exact) mass is 388 g/mol. The number of thiophene rings is 1. The molecule has 1 N–H and O–H groups in total. The van der Waals surface area contributed by atoms with Gasteiger partial charge < -0.3 is 0 Å². The molecule has 9 heteroatoms. The fraction of sp³-hybridized carbons (Fsp3) is 0.214. The predicted octanol–water partition coefficient (Wildman–Crippen LogP) is 4.16. The molecule has 1 aromatic carbocycles. The van der Waals surface area contributed by atoms with Crippen molar-refractivity contribution in [2.45, 2.75) is 24.1 Å². The molecule has 0 radical (unpaired) electrons. The number of halogens is 1. The highest BCUT2D eigenvalue weighted by atomic mass is 35.5. The van der Waals surface area contributed by atoms with Gasteiger partial charge in [-0.05, 0) is 44.2 Å². The summed E-state index contributed by atoms with van der Waals surface area (Å²) in [7, 11) is -3.68. The molecule has 0 spiro atoms. The Hall–Kier alpha value is -1.35. The van der Waals surface area contributed by atoms with Crippen molar-refractivity contribution >= 4 is 60.2 Å². The van der Waals surface area contributed by atoms with Crippen molar-refractivity contribution in [1.82, 2.24) is 4.57 Å². The number of rotatable bonds is 4. The fourth-order valence-corrected chi connectivity index (χ4v) is 5.82. The van der Waals surface area contributed by atoms with Gasteiger partial charge in [-0.1, -0.05) is 22.9 Å². The van der Waals surface area contributed by atoms with Crippen molar-refractivity contribution in [2.24, 2.45) is 0 Å². The number of hydrogen-bond acceptors (Lipinski definition) is 5. The molecule has 5 nitrogen and oxygen atoms in total. The second-order valence-corrected chi connectivity index (χ2v) is 9.80. The lowest BCUT2D eigenvalue weighted by molar-refractivity contribution is 0.603. The lowest BCUT2D eigenvalue weighted by atomic mass is 10.3. The highest BCUT2D eigenvalue weighted by Crippen LogP contribution is 2.29. The van der Waals surface area contributed by atoms with Crippen LogP contribution in [0.4, 0.5) is 5.69 Å². The molecule has 3 rings (SSSR count). The van der Waals surface area contributed by atoms with E-state index >= 15 is 0 Å². The Morgan fingerprint density at radius 3 is 2.52 bits per heavy atom. The van der Waals surface area contributed by atoms with E-state index in [-0.39, 0.29) is 15.1 Å². The third-order valence-electron chi connectivity index (χ3n) is 3.20. The number of fused-ring (bicyclic) bond motifs is 1. The number of benzene rings is 1. The van der Waals surface area contributed by atoms with Crippen LogP contribution in [0.3, 0.4) is 0 Å². The van der Waals surface area contributed by atoms with Crippen LogP contribution in [0.2, 0.25) is 4.34 Å². The molecular weight excluding hydrogens is 376 g/mol. The summed E-state index contributed by atoms with van der Waals surface area (Å²) in [5.74, 6) is 0. The molecule has 2 aromatic heterocycles. The van der Waals surface area contributed by atoms with Crippen LogP contribution in [0.1, 0.15) is 19.9 Å². The summed E-state index contributed by atoms with van der Waals surface area (Å²) in [5.41, 5.74) is 1.22. The van der Waals surface area contributed by atoms with Crippen molar-refractivity contribution in [2.75, 3.05) is 4.72 Å². The quantitative estimate of drug-likeness (QED) is 0.729. The van der Waals surface area contributed by atoms with Crippen LogP contribution in [0.25, 0.3) is 10.2 Å². The van der Waals surface area contributed by atoms with Crippen LogP contribution in [0, 0.1) is 0 Å². The minimum atomic E-state index is -3.68. The highest BCUT2D eigenvalue weighted by Gasteiger charge is 2.18. The summed E-state index contributed by atoms with van der Waals surface area (Å²) >= 11 is 7.88. The van der Waals surface area contributed by atoms with E-state index in [2.05, 4.69) is 4.72 Å². The molecule has 0 aliphatic heterocycles. The minimum absolute atomic E-state index is 0.0482.